The Morgan fingerprint density at radius 3 is 2.79 bits per heavy atom. The van der Waals surface area contributed by atoms with Crippen LogP contribution in [0.2, 0.25) is 0 Å². The lowest BCUT2D eigenvalue weighted by Crippen LogP contribution is -2.07. The minimum atomic E-state index is -0.864. The molecule has 0 aliphatic heterocycles. The topological polar surface area (TPSA) is 49.3 Å². The van der Waals surface area contributed by atoms with Crippen LogP contribution in [0.4, 0.5) is 5.69 Å². The van der Waals surface area contributed by atoms with E-state index >= 15 is 0 Å². The van der Waals surface area contributed by atoms with Crippen molar-refractivity contribution >= 4 is 11.7 Å². The van der Waals surface area contributed by atoms with Gasteiger partial charge in [0.2, 0.25) is 0 Å². The molecule has 2 rings (SSSR count). The van der Waals surface area contributed by atoms with Gasteiger partial charge < -0.3 is 10.4 Å². The molecular formula is C11H13NO2. The molecule has 1 saturated carbocycles. The monoisotopic (exact) mass is 191 g/mol. The zero-order chi connectivity index (χ0) is 10.1. The van der Waals surface area contributed by atoms with Gasteiger partial charge in [0, 0.05) is 11.7 Å². The minimum absolute atomic E-state index is 0.372. The number of rotatable bonds is 3. The maximum absolute atomic E-state index is 10.9. The van der Waals surface area contributed by atoms with Gasteiger partial charge in [-0.2, -0.15) is 0 Å². The Morgan fingerprint density at radius 1 is 1.50 bits per heavy atom. The molecule has 14 heavy (non-hydrogen) atoms. The van der Waals surface area contributed by atoms with Crippen molar-refractivity contribution in [2.75, 3.05) is 5.32 Å². The molecule has 0 atom stereocenters. The zero-order valence-electron chi connectivity index (χ0n) is 8.08. The Balaban J connectivity index is 2.31. The highest BCUT2D eigenvalue weighted by Gasteiger charge is 2.22. The highest BCUT2D eigenvalue weighted by Crippen LogP contribution is 2.27. The molecule has 0 radical (unpaired) electrons. The van der Waals surface area contributed by atoms with Gasteiger partial charge >= 0.3 is 5.97 Å². The molecule has 0 amide bonds. The molecule has 2 N–H and O–H groups in total. The van der Waals surface area contributed by atoms with E-state index in [9.17, 15) is 4.79 Å². The predicted octanol–water partition coefficient (Wildman–Crippen LogP) is 2.27. The summed E-state index contributed by atoms with van der Waals surface area (Å²) in [7, 11) is 0. The smallest absolute Gasteiger partial charge is 0.337 e. The van der Waals surface area contributed by atoms with Crippen LogP contribution in [0.1, 0.15) is 28.8 Å². The Hall–Kier alpha value is -1.51. The number of benzene rings is 1. The fraction of sp³-hybridized carbons (Fsp3) is 0.364. The van der Waals surface area contributed by atoms with E-state index < -0.39 is 5.97 Å². The molecule has 74 valence electrons. The third-order valence-electron chi connectivity index (χ3n) is 2.34. The number of carbonyl (C=O) groups is 1. The first kappa shape index (κ1) is 9.06. The van der Waals surface area contributed by atoms with Crippen LogP contribution in [0.5, 0.6) is 0 Å². The third-order valence-corrected chi connectivity index (χ3v) is 2.34. The van der Waals surface area contributed by atoms with Crippen molar-refractivity contribution in [1.29, 1.82) is 0 Å². The summed E-state index contributed by atoms with van der Waals surface area (Å²) in [6, 6.07) is 5.96. The van der Waals surface area contributed by atoms with Crippen LogP contribution in [-0.2, 0) is 0 Å². The van der Waals surface area contributed by atoms with Gasteiger partial charge in [0.25, 0.3) is 0 Å². The summed E-state index contributed by atoms with van der Waals surface area (Å²) in [5, 5.41) is 12.2. The average Bonchev–Trinajstić information content (AvgIpc) is 2.91. The van der Waals surface area contributed by atoms with Crippen molar-refractivity contribution in [3.63, 3.8) is 0 Å². The van der Waals surface area contributed by atoms with E-state index in [1.807, 2.05) is 19.1 Å². The molecule has 0 saturated heterocycles. The molecule has 0 aromatic heterocycles. The molecule has 1 aliphatic carbocycles. The summed E-state index contributed by atoms with van der Waals surface area (Å²) in [5.74, 6) is -0.864. The SMILES string of the molecule is Cc1ccc(NC2CC2)c(C(=O)O)c1. The van der Waals surface area contributed by atoms with Gasteiger partial charge in [0.15, 0.2) is 0 Å². The largest absolute Gasteiger partial charge is 0.478 e. The molecule has 3 heteroatoms. The summed E-state index contributed by atoms with van der Waals surface area (Å²) in [6.07, 6.45) is 2.29. The molecule has 1 aromatic rings. The summed E-state index contributed by atoms with van der Waals surface area (Å²) < 4.78 is 0. The number of carboxylic acids is 1. The Kier molecular flexibility index (Phi) is 2.15. The lowest BCUT2D eigenvalue weighted by Gasteiger charge is -2.08. The lowest BCUT2D eigenvalue weighted by molar-refractivity contribution is 0.0698. The Labute approximate surface area is 82.8 Å². The number of carboxylic acid groups (broad SMARTS) is 1. The molecule has 0 bridgehead atoms. The fourth-order valence-electron chi connectivity index (χ4n) is 1.41. The van der Waals surface area contributed by atoms with Crippen LogP contribution >= 0.6 is 0 Å². The molecule has 0 unspecified atom stereocenters. The van der Waals surface area contributed by atoms with Gasteiger partial charge in [0.05, 0.1) is 5.56 Å². The van der Waals surface area contributed by atoms with E-state index in [4.69, 9.17) is 5.11 Å². The maximum atomic E-state index is 10.9. The van der Waals surface area contributed by atoms with Gasteiger partial charge in [-0.05, 0) is 31.9 Å². The molecule has 0 heterocycles. The third kappa shape index (κ3) is 1.87. The summed E-state index contributed by atoms with van der Waals surface area (Å²) in [6.45, 7) is 1.90. The van der Waals surface area contributed by atoms with Crippen LogP contribution in [0, 0.1) is 6.92 Å². The minimum Gasteiger partial charge on any atom is -0.478 e. The van der Waals surface area contributed by atoms with Crippen LogP contribution in [0.25, 0.3) is 0 Å². The van der Waals surface area contributed by atoms with Gasteiger partial charge in [-0.3, -0.25) is 0 Å². The normalized spacial score (nSPS) is 15.2. The van der Waals surface area contributed by atoms with Gasteiger partial charge in [0.1, 0.15) is 0 Å². The van der Waals surface area contributed by atoms with Crippen molar-refractivity contribution in [2.45, 2.75) is 25.8 Å². The highest BCUT2D eigenvalue weighted by molar-refractivity contribution is 5.94. The Bertz CT molecular complexity index is 370. The number of aryl methyl sites for hydroxylation is 1. The van der Waals surface area contributed by atoms with Gasteiger partial charge in [-0.1, -0.05) is 11.6 Å². The molecule has 0 spiro atoms. The number of anilines is 1. The van der Waals surface area contributed by atoms with Crippen LogP contribution in [0.15, 0.2) is 18.2 Å². The van der Waals surface area contributed by atoms with Crippen molar-refractivity contribution < 1.29 is 9.90 Å². The number of hydrogen-bond acceptors (Lipinski definition) is 2. The summed E-state index contributed by atoms with van der Waals surface area (Å²) >= 11 is 0. The summed E-state index contributed by atoms with van der Waals surface area (Å²) in [4.78, 5) is 10.9. The van der Waals surface area contributed by atoms with E-state index in [2.05, 4.69) is 5.32 Å². The molecule has 1 fully saturated rings. The second-order valence-electron chi connectivity index (χ2n) is 3.77. The number of aromatic carboxylic acids is 1. The first-order valence-corrected chi connectivity index (χ1v) is 4.77. The first-order valence-electron chi connectivity index (χ1n) is 4.77. The molecular weight excluding hydrogens is 178 g/mol. The second-order valence-corrected chi connectivity index (χ2v) is 3.77. The van der Waals surface area contributed by atoms with Crippen molar-refractivity contribution in [3.05, 3.63) is 29.3 Å². The van der Waals surface area contributed by atoms with Crippen LogP contribution < -0.4 is 5.32 Å². The Morgan fingerprint density at radius 2 is 2.21 bits per heavy atom. The van der Waals surface area contributed by atoms with Crippen molar-refractivity contribution in [1.82, 2.24) is 0 Å². The molecule has 1 aliphatic rings. The van der Waals surface area contributed by atoms with Crippen molar-refractivity contribution in [2.24, 2.45) is 0 Å². The van der Waals surface area contributed by atoms with E-state index in [-0.39, 0.29) is 0 Å². The van der Waals surface area contributed by atoms with E-state index in [1.54, 1.807) is 6.07 Å². The lowest BCUT2D eigenvalue weighted by atomic mass is 10.1. The van der Waals surface area contributed by atoms with Crippen LogP contribution in [-0.4, -0.2) is 17.1 Å². The zero-order valence-corrected chi connectivity index (χ0v) is 8.08. The number of hydrogen-bond donors (Lipinski definition) is 2. The standard InChI is InChI=1S/C11H13NO2/c1-7-2-5-10(12-8-3-4-8)9(6-7)11(13)14/h2,5-6,8,12H,3-4H2,1H3,(H,13,14). The second kappa shape index (κ2) is 3.33. The van der Waals surface area contributed by atoms with E-state index in [1.165, 1.54) is 0 Å². The summed E-state index contributed by atoms with van der Waals surface area (Å²) in [5.41, 5.74) is 2.09. The molecule has 3 nitrogen and oxygen atoms in total. The predicted molar refractivity (Wildman–Crippen MR) is 54.8 cm³/mol. The first-order chi connectivity index (χ1) is 6.66. The van der Waals surface area contributed by atoms with Crippen LogP contribution in [0.3, 0.4) is 0 Å². The van der Waals surface area contributed by atoms with Gasteiger partial charge in [-0.25, -0.2) is 4.79 Å². The van der Waals surface area contributed by atoms with Crippen molar-refractivity contribution in [3.8, 4) is 0 Å². The molecule has 1 aromatic carbocycles. The maximum Gasteiger partial charge on any atom is 0.337 e. The average molecular weight is 191 g/mol. The van der Waals surface area contributed by atoms with Gasteiger partial charge in [-0.15, -0.1) is 0 Å². The van der Waals surface area contributed by atoms with E-state index in [0.717, 1.165) is 24.1 Å². The quantitative estimate of drug-likeness (QED) is 0.770. The van der Waals surface area contributed by atoms with E-state index in [0.29, 0.717) is 11.6 Å². The number of nitrogens with one attached hydrogen (secondary N) is 1. The fourth-order valence-corrected chi connectivity index (χ4v) is 1.41. The highest BCUT2D eigenvalue weighted by atomic mass is 16.4.